The van der Waals surface area contributed by atoms with E-state index in [-0.39, 0.29) is 17.9 Å². The number of hydrogen-bond acceptors (Lipinski definition) is 3. The van der Waals surface area contributed by atoms with Gasteiger partial charge in [-0.15, -0.1) is 0 Å². The van der Waals surface area contributed by atoms with Crippen LogP contribution in [0.25, 0.3) is 0 Å². The van der Waals surface area contributed by atoms with Crippen LogP contribution in [-0.2, 0) is 16.0 Å². The first-order valence-electron chi connectivity index (χ1n) is 6.01. The predicted octanol–water partition coefficient (Wildman–Crippen LogP) is 2.02. The summed E-state index contributed by atoms with van der Waals surface area (Å²) in [6, 6.07) is 8.50. The molecular weight excluding hydrogens is 214 g/mol. The van der Waals surface area contributed by atoms with Crippen LogP contribution in [0.2, 0.25) is 0 Å². The molecule has 1 aromatic rings. The average molecular weight is 233 g/mol. The molecule has 17 heavy (non-hydrogen) atoms. The molecule has 3 heteroatoms. The molecule has 0 amide bonds. The molecule has 2 atom stereocenters. The van der Waals surface area contributed by atoms with Gasteiger partial charge in [0.25, 0.3) is 0 Å². The number of ether oxygens (including phenoxy) is 1. The van der Waals surface area contributed by atoms with Crippen LogP contribution in [0.3, 0.4) is 0 Å². The van der Waals surface area contributed by atoms with Crippen molar-refractivity contribution in [1.29, 1.82) is 0 Å². The summed E-state index contributed by atoms with van der Waals surface area (Å²) in [6.45, 7) is 2.93. The standard InChI is InChI=1S/C14H19NO2/c1-10(14(16)17-3)13-12-7-5-4-6-11(12)8-9-15(13)2/h4-7,10,13H,8-9H2,1-3H3. The summed E-state index contributed by atoms with van der Waals surface area (Å²) in [5.74, 6) is -0.273. The highest BCUT2D eigenvalue weighted by atomic mass is 16.5. The zero-order valence-corrected chi connectivity index (χ0v) is 10.6. The van der Waals surface area contributed by atoms with Gasteiger partial charge in [-0.05, 0) is 24.6 Å². The Labute approximate surface area is 102 Å². The van der Waals surface area contributed by atoms with E-state index in [2.05, 4.69) is 30.1 Å². The molecule has 1 aliphatic rings. The number of carbonyl (C=O) groups excluding carboxylic acids is 1. The first-order valence-corrected chi connectivity index (χ1v) is 6.01. The van der Waals surface area contributed by atoms with E-state index >= 15 is 0 Å². The minimum atomic E-state index is -0.140. The molecule has 0 radical (unpaired) electrons. The van der Waals surface area contributed by atoms with Crippen LogP contribution in [0.4, 0.5) is 0 Å². The Kier molecular flexibility index (Phi) is 3.48. The highest BCUT2D eigenvalue weighted by Crippen LogP contribution is 2.34. The van der Waals surface area contributed by atoms with Gasteiger partial charge in [-0.25, -0.2) is 0 Å². The zero-order valence-electron chi connectivity index (χ0n) is 10.6. The minimum absolute atomic E-state index is 0.132. The third kappa shape index (κ3) is 2.20. The van der Waals surface area contributed by atoms with Crippen molar-refractivity contribution < 1.29 is 9.53 Å². The van der Waals surface area contributed by atoms with Crippen LogP contribution >= 0.6 is 0 Å². The first kappa shape index (κ1) is 12.1. The molecular formula is C14H19NO2. The molecule has 0 spiro atoms. The fourth-order valence-corrected chi connectivity index (χ4v) is 2.69. The Bertz CT molecular complexity index is 416. The fourth-order valence-electron chi connectivity index (χ4n) is 2.69. The average Bonchev–Trinajstić information content (AvgIpc) is 2.37. The monoisotopic (exact) mass is 233 g/mol. The second kappa shape index (κ2) is 4.88. The quantitative estimate of drug-likeness (QED) is 0.732. The first-order chi connectivity index (χ1) is 8.15. The van der Waals surface area contributed by atoms with E-state index in [0.717, 1.165) is 13.0 Å². The largest absolute Gasteiger partial charge is 0.469 e. The molecule has 2 unspecified atom stereocenters. The van der Waals surface area contributed by atoms with E-state index < -0.39 is 0 Å². The van der Waals surface area contributed by atoms with Crippen LogP contribution in [0.5, 0.6) is 0 Å². The molecule has 2 rings (SSSR count). The van der Waals surface area contributed by atoms with Crippen LogP contribution in [0.15, 0.2) is 24.3 Å². The van der Waals surface area contributed by atoms with Gasteiger partial charge in [-0.3, -0.25) is 9.69 Å². The van der Waals surface area contributed by atoms with Crippen LogP contribution in [0.1, 0.15) is 24.1 Å². The number of rotatable bonds is 2. The smallest absolute Gasteiger partial charge is 0.310 e. The molecule has 0 fully saturated rings. The topological polar surface area (TPSA) is 29.5 Å². The predicted molar refractivity (Wildman–Crippen MR) is 66.7 cm³/mol. The van der Waals surface area contributed by atoms with Gasteiger partial charge in [0.05, 0.1) is 13.0 Å². The summed E-state index contributed by atoms with van der Waals surface area (Å²) in [5, 5.41) is 0. The molecule has 1 aromatic carbocycles. The number of fused-ring (bicyclic) bond motifs is 1. The molecule has 3 nitrogen and oxygen atoms in total. The van der Waals surface area contributed by atoms with Crippen molar-refractivity contribution in [2.75, 3.05) is 20.7 Å². The lowest BCUT2D eigenvalue weighted by molar-refractivity contribution is -0.147. The van der Waals surface area contributed by atoms with E-state index in [1.54, 1.807) is 0 Å². The Balaban J connectivity index is 2.35. The second-order valence-electron chi connectivity index (χ2n) is 4.69. The van der Waals surface area contributed by atoms with E-state index in [4.69, 9.17) is 4.74 Å². The summed E-state index contributed by atoms with van der Waals surface area (Å²) in [7, 11) is 3.52. The highest BCUT2D eigenvalue weighted by Gasteiger charge is 2.33. The van der Waals surface area contributed by atoms with E-state index in [1.807, 2.05) is 13.0 Å². The van der Waals surface area contributed by atoms with Crippen molar-refractivity contribution in [3.05, 3.63) is 35.4 Å². The van der Waals surface area contributed by atoms with Crippen molar-refractivity contribution in [2.45, 2.75) is 19.4 Å². The molecule has 0 saturated carbocycles. The molecule has 0 N–H and O–H groups in total. The SMILES string of the molecule is COC(=O)C(C)C1c2ccccc2CCN1C. The number of nitrogens with zero attached hydrogens (tertiary/aromatic N) is 1. The van der Waals surface area contributed by atoms with Crippen molar-refractivity contribution in [3.63, 3.8) is 0 Å². The zero-order chi connectivity index (χ0) is 12.4. The third-order valence-electron chi connectivity index (χ3n) is 3.63. The molecule has 0 bridgehead atoms. The maximum atomic E-state index is 11.7. The lowest BCUT2D eigenvalue weighted by Gasteiger charge is -2.37. The number of esters is 1. The van der Waals surface area contributed by atoms with E-state index in [1.165, 1.54) is 18.2 Å². The van der Waals surface area contributed by atoms with Crippen molar-refractivity contribution in [1.82, 2.24) is 4.90 Å². The number of carbonyl (C=O) groups is 1. The fraction of sp³-hybridized carbons (Fsp3) is 0.500. The summed E-state index contributed by atoms with van der Waals surface area (Å²) in [5.41, 5.74) is 2.62. The highest BCUT2D eigenvalue weighted by molar-refractivity contribution is 5.73. The van der Waals surface area contributed by atoms with E-state index in [0.29, 0.717) is 0 Å². The molecule has 0 aliphatic carbocycles. The Hall–Kier alpha value is -1.35. The van der Waals surface area contributed by atoms with Crippen LogP contribution < -0.4 is 0 Å². The van der Waals surface area contributed by atoms with E-state index in [9.17, 15) is 4.79 Å². The van der Waals surface area contributed by atoms with Gasteiger partial charge in [0, 0.05) is 12.6 Å². The van der Waals surface area contributed by atoms with Gasteiger partial charge in [0.2, 0.25) is 0 Å². The van der Waals surface area contributed by atoms with Crippen molar-refractivity contribution in [2.24, 2.45) is 5.92 Å². The maximum Gasteiger partial charge on any atom is 0.310 e. The summed E-state index contributed by atoms with van der Waals surface area (Å²) < 4.78 is 4.86. The lowest BCUT2D eigenvalue weighted by Crippen LogP contribution is -2.38. The maximum absolute atomic E-state index is 11.7. The Morgan fingerprint density at radius 2 is 2.18 bits per heavy atom. The van der Waals surface area contributed by atoms with Gasteiger partial charge in [-0.1, -0.05) is 31.2 Å². The second-order valence-corrected chi connectivity index (χ2v) is 4.69. The van der Waals surface area contributed by atoms with Gasteiger partial charge >= 0.3 is 5.97 Å². The lowest BCUT2D eigenvalue weighted by atomic mass is 9.86. The Morgan fingerprint density at radius 1 is 1.47 bits per heavy atom. The molecule has 1 aliphatic heterocycles. The van der Waals surface area contributed by atoms with Crippen molar-refractivity contribution in [3.8, 4) is 0 Å². The molecule has 1 heterocycles. The van der Waals surface area contributed by atoms with Gasteiger partial charge < -0.3 is 4.74 Å². The molecule has 0 aromatic heterocycles. The summed E-state index contributed by atoms with van der Waals surface area (Å²) in [6.07, 6.45) is 1.05. The molecule has 0 saturated heterocycles. The van der Waals surface area contributed by atoms with Crippen LogP contribution in [-0.4, -0.2) is 31.6 Å². The number of methoxy groups -OCH3 is 1. The normalized spacial score (nSPS) is 21.7. The van der Waals surface area contributed by atoms with Crippen LogP contribution in [0, 0.1) is 5.92 Å². The third-order valence-corrected chi connectivity index (χ3v) is 3.63. The Morgan fingerprint density at radius 3 is 2.88 bits per heavy atom. The number of likely N-dealkylation sites (N-methyl/N-ethyl adjacent to an activating group) is 1. The van der Waals surface area contributed by atoms with Gasteiger partial charge in [0.1, 0.15) is 0 Å². The minimum Gasteiger partial charge on any atom is -0.469 e. The molecule has 92 valence electrons. The van der Waals surface area contributed by atoms with Crippen molar-refractivity contribution >= 4 is 5.97 Å². The van der Waals surface area contributed by atoms with Gasteiger partial charge in [0.15, 0.2) is 0 Å². The summed E-state index contributed by atoms with van der Waals surface area (Å²) >= 11 is 0. The number of hydrogen-bond donors (Lipinski definition) is 0. The number of benzene rings is 1. The van der Waals surface area contributed by atoms with Gasteiger partial charge in [-0.2, -0.15) is 0 Å². The summed E-state index contributed by atoms with van der Waals surface area (Å²) in [4.78, 5) is 14.0.